The number of halogens is 2. The monoisotopic (exact) mass is 278 g/mol. The molecule has 0 fully saturated rings. The summed E-state index contributed by atoms with van der Waals surface area (Å²) >= 11 is 0. The molecular weight excluding hydrogens is 262 g/mol. The van der Waals surface area contributed by atoms with Gasteiger partial charge in [0.15, 0.2) is 0 Å². The summed E-state index contributed by atoms with van der Waals surface area (Å²) in [5.74, 6) is 0.457. The third-order valence-corrected chi connectivity index (χ3v) is 3.03. The lowest BCUT2D eigenvalue weighted by Gasteiger charge is -2.15. The Bertz CT molecular complexity index is 588. The Balaban J connectivity index is 2.26. The zero-order chi connectivity index (χ0) is 14.5. The van der Waals surface area contributed by atoms with Crippen molar-refractivity contribution in [2.45, 2.75) is 20.0 Å². The van der Waals surface area contributed by atoms with Gasteiger partial charge >= 0.3 is 0 Å². The molecule has 0 saturated carbocycles. The Morgan fingerprint density at radius 1 is 1.25 bits per heavy atom. The fraction of sp³-hybridized carbons (Fsp3) is 0.267. The molecule has 0 amide bonds. The first-order valence-corrected chi connectivity index (χ1v) is 6.25. The van der Waals surface area contributed by atoms with E-state index in [2.05, 4.69) is 10.3 Å². The third-order valence-electron chi connectivity index (χ3n) is 3.03. The minimum atomic E-state index is -2.54. The second kappa shape index (κ2) is 6.32. The fourth-order valence-electron chi connectivity index (χ4n) is 1.97. The zero-order valence-electron chi connectivity index (χ0n) is 11.4. The molecule has 20 heavy (non-hydrogen) atoms. The third kappa shape index (κ3) is 3.04. The predicted octanol–water partition coefficient (Wildman–Crippen LogP) is 3.95. The van der Waals surface area contributed by atoms with E-state index in [-0.39, 0.29) is 12.2 Å². The Hall–Kier alpha value is -2.17. The molecule has 0 atom stereocenters. The summed E-state index contributed by atoms with van der Waals surface area (Å²) in [5.41, 5.74) is 1.94. The molecule has 0 radical (unpaired) electrons. The van der Waals surface area contributed by atoms with Gasteiger partial charge in [0.2, 0.25) is 5.88 Å². The zero-order valence-corrected chi connectivity index (χ0v) is 11.4. The minimum absolute atomic E-state index is 0.0227. The number of rotatable bonds is 5. The maximum absolute atomic E-state index is 13.0. The molecule has 0 aliphatic carbocycles. The summed E-state index contributed by atoms with van der Waals surface area (Å²) in [6, 6.07) is 8.42. The maximum atomic E-state index is 13.0. The van der Waals surface area contributed by atoms with E-state index in [4.69, 9.17) is 4.74 Å². The lowest BCUT2D eigenvalue weighted by Crippen LogP contribution is -2.06. The Kier molecular flexibility index (Phi) is 4.50. The van der Waals surface area contributed by atoms with E-state index in [1.165, 1.54) is 6.07 Å². The van der Waals surface area contributed by atoms with Crippen molar-refractivity contribution in [3.63, 3.8) is 0 Å². The van der Waals surface area contributed by atoms with Crippen LogP contribution in [-0.4, -0.2) is 12.0 Å². The van der Waals surface area contributed by atoms with Crippen LogP contribution < -0.4 is 10.1 Å². The van der Waals surface area contributed by atoms with Crippen molar-refractivity contribution < 1.29 is 13.5 Å². The largest absolute Gasteiger partial charge is 0.473 e. The quantitative estimate of drug-likeness (QED) is 0.899. The number of pyridine rings is 1. The Labute approximate surface area is 116 Å². The van der Waals surface area contributed by atoms with Crippen molar-refractivity contribution in [2.75, 3.05) is 12.4 Å². The average molecular weight is 278 g/mol. The van der Waals surface area contributed by atoms with Crippen LogP contribution >= 0.6 is 0 Å². The van der Waals surface area contributed by atoms with Gasteiger partial charge in [-0.05, 0) is 19.1 Å². The number of hydrogen-bond acceptors (Lipinski definition) is 3. The molecule has 0 aliphatic rings. The summed E-state index contributed by atoms with van der Waals surface area (Å²) in [4.78, 5) is 4.09. The van der Waals surface area contributed by atoms with E-state index in [1.54, 1.807) is 31.4 Å². The van der Waals surface area contributed by atoms with Crippen LogP contribution in [0.4, 0.5) is 14.5 Å². The highest BCUT2D eigenvalue weighted by molar-refractivity contribution is 5.54. The van der Waals surface area contributed by atoms with Gasteiger partial charge < -0.3 is 10.1 Å². The predicted molar refractivity (Wildman–Crippen MR) is 74.3 cm³/mol. The molecule has 0 saturated heterocycles. The molecule has 0 unspecified atom stereocenters. The minimum Gasteiger partial charge on any atom is -0.473 e. The van der Waals surface area contributed by atoms with Crippen molar-refractivity contribution in [3.05, 3.63) is 53.2 Å². The highest BCUT2D eigenvalue weighted by Gasteiger charge is 2.16. The van der Waals surface area contributed by atoms with Crippen molar-refractivity contribution in [1.29, 1.82) is 0 Å². The number of nitrogens with zero attached hydrogens (tertiary/aromatic N) is 1. The van der Waals surface area contributed by atoms with Gasteiger partial charge in [0.05, 0.1) is 0 Å². The fourth-order valence-corrected chi connectivity index (χ4v) is 1.97. The SMILES string of the molecule is CNc1cccc(C(F)F)c1COc1ncccc1C. The van der Waals surface area contributed by atoms with Crippen LogP contribution in [0.5, 0.6) is 5.88 Å². The highest BCUT2D eigenvalue weighted by Crippen LogP contribution is 2.29. The molecule has 1 N–H and O–H groups in total. The highest BCUT2D eigenvalue weighted by atomic mass is 19.3. The number of benzene rings is 1. The molecular formula is C15H16F2N2O. The summed E-state index contributed by atoms with van der Waals surface area (Å²) in [6.07, 6.45) is -0.924. The van der Waals surface area contributed by atoms with E-state index in [0.717, 1.165) is 5.56 Å². The van der Waals surface area contributed by atoms with E-state index in [9.17, 15) is 8.78 Å². The van der Waals surface area contributed by atoms with Crippen LogP contribution in [-0.2, 0) is 6.61 Å². The van der Waals surface area contributed by atoms with Crippen LogP contribution in [0.3, 0.4) is 0 Å². The average Bonchev–Trinajstić information content (AvgIpc) is 2.46. The topological polar surface area (TPSA) is 34.1 Å². The van der Waals surface area contributed by atoms with Crippen LogP contribution in [0, 0.1) is 6.92 Å². The molecule has 3 nitrogen and oxygen atoms in total. The number of aromatic nitrogens is 1. The summed E-state index contributed by atoms with van der Waals surface area (Å²) < 4.78 is 31.7. The van der Waals surface area contributed by atoms with E-state index < -0.39 is 6.43 Å². The van der Waals surface area contributed by atoms with Crippen LogP contribution in [0.1, 0.15) is 23.1 Å². The van der Waals surface area contributed by atoms with E-state index >= 15 is 0 Å². The molecule has 2 rings (SSSR count). The van der Waals surface area contributed by atoms with Gasteiger partial charge in [-0.2, -0.15) is 0 Å². The first-order chi connectivity index (χ1) is 9.63. The smallest absolute Gasteiger partial charge is 0.264 e. The number of nitrogens with one attached hydrogen (secondary N) is 1. The number of ether oxygens (including phenoxy) is 1. The van der Waals surface area contributed by atoms with Crippen molar-refractivity contribution in [3.8, 4) is 5.88 Å². The van der Waals surface area contributed by atoms with Crippen LogP contribution in [0.25, 0.3) is 0 Å². The van der Waals surface area contributed by atoms with E-state index in [1.807, 2.05) is 13.0 Å². The molecule has 106 valence electrons. The normalized spacial score (nSPS) is 10.7. The van der Waals surface area contributed by atoms with Crippen molar-refractivity contribution >= 4 is 5.69 Å². The number of hydrogen-bond donors (Lipinski definition) is 1. The maximum Gasteiger partial charge on any atom is 0.264 e. The summed E-state index contributed by atoms with van der Waals surface area (Å²) in [7, 11) is 1.69. The number of aryl methyl sites for hydroxylation is 1. The van der Waals surface area contributed by atoms with Crippen molar-refractivity contribution in [2.24, 2.45) is 0 Å². The van der Waals surface area contributed by atoms with Gasteiger partial charge in [-0.1, -0.05) is 18.2 Å². The molecule has 5 heteroatoms. The van der Waals surface area contributed by atoms with Gasteiger partial charge in [-0.3, -0.25) is 0 Å². The first-order valence-electron chi connectivity index (χ1n) is 6.25. The standard InChI is InChI=1S/C15H16F2N2O/c1-10-5-4-8-19-15(10)20-9-12-11(14(16)17)6-3-7-13(12)18-2/h3-8,14,18H,9H2,1-2H3. The molecule has 1 heterocycles. The number of anilines is 1. The summed E-state index contributed by atoms with van der Waals surface area (Å²) in [5, 5.41) is 2.91. The first kappa shape index (κ1) is 14.2. The van der Waals surface area contributed by atoms with Crippen molar-refractivity contribution in [1.82, 2.24) is 4.98 Å². The molecule has 0 spiro atoms. The second-order valence-corrected chi connectivity index (χ2v) is 4.34. The lowest BCUT2D eigenvalue weighted by atomic mass is 10.1. The number of alkyl halides is 2. The molecule has 1 aromatic heterocycles. The molecule has 2 aromatic rings. The van der Waals surface area contributed by atoms with Gasteiger partial charge in [0.25, 0.3) is 6.43 Å². The van der Waals surface area contributed by atoms with Gasteiger partial charge in [0, 0.05) is 35.6 Å². The molecule has 0 bridgehead atoms. The van der Waals surface area contributed by atoms with E-state index in [0.29, 0.717) is 17.1 Å². The Morgan fingerprint density at radius 3 is 2.70 bits per heavy atom. The van der Waals surface area contributed by atoms with Gasteiger partial charge in [-0.25, -0.2) is 13.8 Å². The Morgan fingerprint density at radius 2 is 2.05 bits per heavy atom. The molecule has 0 aliphatic heterocycles. The summed E-state index contributed by atoms with van der Waals surface area (Å²) in [6.45, 7) is 1.91. The van der Waals surface area contributed by atoms with Crippen LogP contribution in [0.2, 0.25) is 0 Å². The second-order valence-electron chi connectivity index (χ2n) is 4.34. The molecule has 1 aromatic carbocycles. The van der Waals surface area contributed by atoms with Crippen LogP contribution in [0.15, 0.2) is 36.5 Å². The van der Waals surface area contributed by atoms with Gasteiger partial charge in [-0.15, -0.1) is 0 Å². The van der Waals surface area contributed by atoms with Gasteiger partial charge in [0.1, 0.15) is 6.61 Å². The lowest BCUT2D eigenvalue weighted by molar-refractivity contribution is 0.148.